The minimum atomic E-state index is -0.274. The Hall–Kier alpha value is -2.40. The third-order valence-corrected chi connectivity index (χ3v) is 3.32. The Morgan fingerprint density at radius 1 is 1.24 bits per heavy atom. The Morgan fingerprint density at radius 3 is 2.95 bits per heavy atom. The van der Waals surface area contributed by atoms with Crippen LogP contribution in [-0.4, -0.2) is 18.1 Å². The van der Waals surface area contributed by atoms with Crippen molar-refractivity contribution in [3.63, 3.8) is 0 Å². The molecule has 0 aliphatic rings. The minimum absolute atomic E-state index is 0.274. The number of benzene rings is 1. The molecule has 4 nitrogen and oxygen atoms in total. The van der Waals surface area contributed by atoms with Crippen molar-refractivity contribution < 1.29 is 8.81 Å². The van der Waals surface area contributed by atoms with E-state index in [0.717, 1.165) is 28.9 Å². The van der Waals surface area contributed by atoms with Crippen LogP contribution in [0.15, 0.2) is 53.3 Å². The van der Waals surface area contributed by atoms with Gasteiger partial charge in [0.1, 0.15) is 17.2 Å². The maximum Gasteiger partial charge on any atom is 0.144 e. The fourth-order valence-corrected chi connectivity index (χ4v) is 2.35. The van der Waals surface area contributed by atoms with Crippen LogP contribution >= 0.6 is 0 Å². The molecule has 5 heteroatoms. The zero-order chi connectivity index (χ0) is 14.7. The van der Waals surface area contributed by atoms with E-state index in [4.69, 9.17) is 10.2 Å². The molecule has 108 valence electrons. The summed E-state index contributed by atoms with van der Waals surface area (Å²) in [6, 6.07) is 10.2. The van der Waals surface area contributed by atoms with Crippen molar-refractivity contribution >= 4 is 22.5 Å². The van der Waals surface area contributed by atoms with Gasteiger partial charge >= 0.3 is 0 Å². The molecule has 3 rings (SSSR count). The average molecular weight is 285 g/mol. The maximum absolute atomic E-state index is 13.5. The lowest BCUT2D eigenvalue weighted by molar-refractivity contribution is 0.615. The highest BCUT2D eigenvalue weighted by Crippen LogP contribution is 2.31. The van der Waals surface area contributed by atoms with Gasteiger partial charge in [-0.05, 0) is 43.3 Å². The van der Waals surface area contributed by atoms with Crippen LogP contribution in [0.3, 0.4) is 0 Å². The molecule has 0 spiro atoms. The molecule has 0 fully saturated rings. The van der Waals surface area contributed by atoms with Crippen LogP contribution in [-0.2, 0) is 0 Å². The van der Waals surface area contributed by atoms with E-state index in [9.17, 15) is 4.39 Å². The zero-order valence-electron chi connectivity index (χ0n) is 11.5. The van der Waals surface area contributed by atoms with E-state index in [1.807, 2.05) is 23.1 Å². The minimum Gasteiger partial charge on any atom is -0.464 e. The first-order valence-corrected chi connectivity index (χ1v) is 6.85. The highest BCUT2D eigenvalue weighted by atomic mass is 19.1. The second-order valence-corrected chi connectivity index (χ2v) is 4.74. The van der Waals surface area contributed by atoms with Crippen LogP contribution in [0.1, 0.15) is 6.42 Å². The van der Waals surface area contributed by atoms with Gasteiger partial charge in [-0.2, -0.15) is 0 Å². The molecule has 2 heterocycles. The molecular weight excluding hydrogens is 269 g/mol. The van der Waals surface area contributed by atoms with Crippen molar-refractivity contribution in [1.29, 1.82) is 0 Å². The van der Waals surface area contributed by atoms with Crippen LogP contribution in [0.4, 0.5) is 15.9 Å². The molecule has 3 aromatic rings. The number of nitrogens with zero attached hydrogens (tertiary/aromatic N) is 2. The summed E-state index contributed by atoms with van der Waals surface area (Å²) in [5, 5.41) is 0.902. The van der Waals surface area contributed by atoms with Crippen molar-refractivity contribution in [1.82, 2.24) is 4.98 Å². The monoisotopic (exact) mass is 285 g/mol. The quantitative estimate of drug-likeness (QED) is 0.780. The van der Waals surface area contributed by atoms with Crippen molar-refractivity contribution in [2.45, 2.75) is 6.42 Å². The molecule has 0 unspecified atom stereocenters. The van der Waals surface area contributed by atoms with E-state index >= 15 is 0 Å². The summed E-state index contributed by atoms with van der Waals surface area (Å²) < 4.78 is 18.9. The van der Waals surface area contributed by atoms with Crippen LogP contribution < -0.4 is 10.6 Å². The van der Waals surface area contributed by atoms with Gasteiger partial charge in [0.2, 0.25) is 0 Å². The summed E-state index contributed by atoms with van der Waals surface area (Å²) in [5.74, 6) is 0.477. The van der Waals surface area contributed by atoms with Gasteiger partial charge in [0.25, 0.3) is 0 Å². The zero-order valence-corrected chi connectivity index (χ0v) is 11.5. The standard InChI is InChI=1S/C16H16FN3O/c17-12-3-1-4-13(11-12)20(9-2-7-18)16-14-6-10-21-15(14)5-8-19-16/h1,3-6,8,10-11H,2,7,9,18H2. The summed E-state index contributed by atoms with van der Waals surface area (Å²) in [5.41, 5.74) is 7.13. The molecule has 2 N–H and O–H groups in total. The van der Waals surface area contributed by atoms with Gasteiger partial charge in [-0.25, -0.2) is 9.37 Å². The maximum atomic E-state index is 13.5. The molecule has 0 radical (unpaired) electrons. The lowest BCUT2D eigenvalue weighted by Crippen LogP contribution is -2.22. The second kappa shape index (κ2) is 5.93. The van der Waals surface area contributed by atoms with Gasteiger partial charge in [0.15, 0.2) is 0 Å². The first-order chi connectivity index (χ1) is 10.3. The Morgan fingerprint density at radius 2 is 2.14 bits per heavy atom. The second-order valence-electron chi connectivity index (χ2n) is 4.74. The van der Waals surface area contributed by atoms with E-state index in [0.29, 0.717) is 13.1 Å². The summed E-state index contributed by atoms with van der Waals surface area (Å²) in [6.07, 6.45) is 4.10. The molecule has 0 atom stereocenters. The summed E-state index contributed by atoms with van der Waals surface area (Å²) >= 11 is 0. The first kappa shape index (κ1) is 13.6. The van der Waals surface area contributed by atoms with Crippen molar-refractivity contribution in [2.75, 3.05) is 18.0 Å². The molecule has 21 heavy (non-hydrogen) atoms. The van der Waals surface area contributed by atoms with Crippen molar-refractivity contribution in [2.24, 2.45) is 5.73 Å². The molecule has 1 aromatic carbocycles. The Labute approximate surface area is 122 Å². The first-order valence-electron chi connectivity index (χ1n) is 6.85. The lowest BCUT2D eigenvalue weighted by Gasteiger charge is -2.24. The molecule has 0 aliphatic heterocycles. The van der Waals surface area contributed by atoms with Gasteiger partial charge in [-0.1, -0.05) is 6.07 Å². The summed E-state index contributed by atoms with van der Waals surface area (Å²) in [4.78, 5) is 6.41. The topological polar surface area (TPSA) is 55.3 Å². The molecular formula is C16H16FN3O. The number of rotatable bonds is 5. The van der Waals surface area contributed by atoms with Crippen LogP contribution in [0.25, 0.3) is 11.0 Å². The van der Waals surface area contributed by atoms with Gasteiger partial charge in [0, 0.05) is 18.4 Å². The van der Waals surface area contributed by atoms with E-state index in [2.05, 4.69) is 4.98 Å². The molecule has 0 bridgehead atoms. The number of anilines is 2. The van der Waals surface area contributed by atoms with E-state index < -0.39 is 0 Å². The number of furan rings is 1. The fraction of sp³-hybridized carbons (Fsp3) is 0.188. The van der Waals surface area contributed by atoms with E-state index in [-0.39, 0.29) is 5.82 Å². The van der Waals surface area contributed by atoms with E-state index in [1.54, 1.807) is 18.5 Å². The SMILES string of the molecule is NCCCN(c1cccc(F)c1)c1nccc2occc12. The van der Waals surface area contributed by atoms with Crippen molar-refractivity contribution in [3.8, 4) is 0 Å². The third kappa shape index (κ3) is 2.73. The van der Waals surface area contributed by atoms with Gasteiger partial charge in [0.05, 0.1) is 11.6 Å². The number of hydrogen-bond acceptors (Lipinski definition) is 4. The van der Waals surface area contributed by atoms with Gasteiger partial charge in [-0.15, -0.1) is 0 Å². The molecule has 0 saturated heterocycles. The smallest absolute Gasteiger partial charge is 0.144 e. The highest BCUT2D eigenvalue weighted by molar-refractivity contribution is 5.90. The molecule has 0 amide bonds. The largest absolute Gasteiger partial charge is 0.464 e. The fourth-order valence-electron chi connectivity index (χ4n) is 2.35. The van der Waals surface area contributed by atoms with Crippen LogP contribution in [0.5, 0.6) is 0 Å². The predicted octanol–water partition coefficient (Wildman–Crippen LogP) is 3.45. The molecule has 0 aliphatic carbocycles. The molecule has 0 saturated carbocycles. The Balaban J connectivity index is 2.08. The number of halogens is 1. The van der Waals surface area contributed by atoms with Gasteiger partial charge < -0.3 is 15.1 Å². The van der Waals surface area contributed by atoms with Crippen LogP contribution in [0, 0.1) is 5.82 Å². The number of fused-ring (bicyclic) bond motifs is 1. The number of nitrogens with two attached hydrogens (primary N) is 1. The molecule has 2 aromatic heterocycles. The highest BCUT2D eigenvalue weighted by Gasteiger charge is 2.15. The third-order valence-electron chi connectivity index (χ3n) is 3.32. The average Bonchev–Trinajstić information content (AvgIpc) is 2.97. The number of hydrogen-bond donors (Lipinski definition) is 1. The normalized spacial score (nSPS) is 11.0. The Kier molecular flexibility index (Phi) is 3.83. The van der Waals surface area contributed by atoms with Gasteiger partial charge in [-0.3, -0.25) is 0 Å². The summed E-state index contributed by atoms with van der Waals surface area (Å²) in [7, 11) is 0. The summed E-state index contributed by atoms with van der Waals surface area (Å²) in [6.45, 7) is 1.23. The van der Waals surface area contributed by atoms with E-state index in [1.165, 1.54) is 12.1 Å². The lowest BCUT2D eigenvalue weighted by atomic mass is 10.2. The van der Waals surface area contributed by atoms with Crippen molar-refractivity contribution in [3.05, 3.63) is 54.7 Å². The Bertz CT molecular complexity index is 741. The predicted molar refractivity (Wildman–Crippen MR) is 81.1 cm³/mol. The van der Waals surface area contributed by atoms with Crippen LogP contribution in [0.2, 0.25) is 0 Å². The number of pyridine rings is 1. The number of aromatic nitrogens is 1.